The first kappa shape index (κ1) is 18.8. The molecule has 0 N–H and O–H groups in total. The van der Waals surface area contributed by atoms with Crippen LogP contribution < -0.4 is 0 Å². The minimum atomic E-state index is 0.702. The third-order valence-corrected chi connectivity index (χ3v) is 5.24. The van der Waals surface area contributed by atoms with E-state index in [1.54, 1.807) is 11.1 Å². The number of aromatic nitrogens is 4. The Labute approximate surface area is 165 Å². The van der Waals surface area contributed by atoms with E-state index in [-0.39, 0.29) is 0 Å². The molecular weight excluding hydrogens is 352 g/mol. The molecule has 2 aromatic heterocycles. The van der Waals surface area contributed by atoms with E-state index in [1.807, 2.05) is 36.4 Å². The number of benzene rings is 1. The van der Waals surface area contributed by atoms with Gasteiger partial charge in [-0.25, -0.2) is 0 Å². The SMILES string of the molecule is c1ccc(-c2nnn(CCCCCN3CCN(Cc4ccco4)CC3)n2)cc1. The number of rotatable bonds is 9. The Morgan fingerprint density at radius 2 is 1.61 bits per heavy atom. The Morgan fingerprint density at radius 1 is 0.821 bits per heavy atom. The zero-order chi connectivity index (χ0) is 19.0. The number of piperazine rings is 1. The summed E-state index contributed by atoms with van der Waals surface area (Å²) in [7, 11) is 0. The molecule has 1 fully saturated rings. The van der Waals surface area contributed by atoms with Crippen molar-refractivity contribution in [2.75, 3.05) is 32.7 Å². The van der Waals surface area contributed by atoms with Crippen molar-refractivity contribution >= 4 is 0 Å². The van der Waals surface area contributed by atoms with Crippen LogP contribution in [0.25, 0.3) is 11.4 Å². The third-order valence-electron chi connectivity index (χ3n) is 5.24. The lowest BCUT2D eigenvalue weighted by molar-refractivity contribution is 0.119. The van der Waals surface area contributed by atoms with Gasteiger partial charge in [-0.2, -0.15) is 4.80 Å². The van der Waals surface area contributed by atoms with Crippen LogP contribution >= 0.6 is 0 Å². The highest BCUT2D eigenvalue weighted by atomic mass is 16.3. The number of unbranched alkanes of at least 4 members (excludes halogenated alkanes) is 2. The zero-order valence-corrected chi connectivity index (χ0v) is 16.3. The maximum absolute atomic E-state index is 5.45. The molecule has 1 aliphatic heterocycles. The largest absolute Gasteiger partial charge is 0.468 e. The zero-order valence-electron chi connectivity index (χ0n) is 16.3. The fourth-order valence-electron chi connectivity index (χ4n) is 3.60. The Hall–Kier alpha value is -2.51. The summed E-state index contributed by atoms with van der Waals surface area (Å²) in [5.74, 6) is 1.76. The summed E-state index contributed by atoms with van der Waals surface area (Å²) in [6.07, 6.45) is 5.25. The van der Waals surface area contributed by atoms with E-state index in [4.69, 9.17) is 4.42 Å². The van der Waals surface area contributed by atoms with E-state index in [0.29, 0.717) is 5.82 Å². The van der Waals surface area contributed by atoms with Crippen molar-refractivity contribution in [3.63, 3.8) is 0 Å². The summed E-state index contributed by atoms with van der Waals surface area (Å²) in [6.45, 7) is 7.46. The first-order chi connectivity index (χ1) is 13.9. The fraction of sp³-hybridized carbons (Fsp3) is 0.476. The van der Waals surface area contributed by atoms with E-state index in [9.17, 15) is 0 Å². The Morgan fingerprint density at radius 3 is 2.39 bits per heavy atom. The molecule has 4 rings (SSSR count). The van der Waals surface area contributed by atoms with Crippen LogP contribution in [0.3, 0.4) is 0 Å². The Bertz CT molecular complexity index is 809. The molecule has 0 unspecified atom stereocenters. The smallest absolute Gasteiger partial charge is 0.204 e. The van der Waals surface area contributed by atoms with Crippen molar-refractivity contribution in [1.82, 2.24) is 30.0 Å². The number of furan rings is 1. The Kier molecular flexibility index (Phi) is 6.47. The summed E-state index contributed by atoms with van der Waals surface area (Å²) in [5, 5.41) is 12.8. The minimum absolute atomic E-state index is 0.702. The van der Waals surface area contributed by atoms with Crippen molar-refractivity contribution < 1.29 is 4.42 Å². The van der Waals surface area contributed by atoms with Gasteiger partial charge in [-0.3, -0.25) is 4.90 Å². The summed E-state index contributed by atoms with van der Waals surface area (Å²) in [5.41, 5.74) is 1.01. The van der Waals surface area contributed by atoms with Crippen LogP contribution in [0.4, 0.5) is 0 Å². The molecule has 148 valence electrons. The summed E-state index contributed by atoms with van der Waals surface area (Å²) in [6, 6.07) is 14.0. The topological polar surface area (TPSA) is 63.2 Å². The highest BCUT2D eigenvalue weighted by molar-refractivity contribution is 5.52. The second-order valence-corrected chi connectivity index (χ2v) is 7.33. The van der Waals surface area contributed by atoms with Crippen molar-refractivity contribution in [2.24, 2.45) is 0 Å². The van der Waals surface area contributed by atoms with Gasteiger partial charge >= 0.3 is 0 Å². The first-order valence-electron chi connectivity index (χ1n) is 10.2. The van der Waals surface area contributed by atoms with Gasteiger partial charge in [0.25, 0.3) is 0 Å². The standard InChI is InChI=1S/C21H28N6O/c1-3-8-19(9-4-1)21-22-24-27(23-21)12-6-2-5-11-25-13-15-26(16-14-25)18-20-10-7-17-28-20/h1,3-4,7-10,17H,2,5-6,11-16,18H2. The van der Waals surface area contributed by atoms with Crippen molar-refractivity contribution in [3.8, 4) is 11.4 Å². The van der Waals surface area contributed by atoms with Gasteiger partial charge in [-0.15, -0.1) is 10.2 Å². The van der Waals surface area contributed by atoms with Gasteiger partial charge in [-0.1, -0.05) is 36.8 Å². The molecule has 3 aromatic rings. The van der Waals surface area contributed by atoms with E-state index in [2.05, 4.69) is 31.3 Å². The third kappa shape index (κ3) is 5.27. The average Bonchev–Trinajstić information content (AvgIpc) is 3.42. The number of hydrogen-bond donors (Lipinski definition) is 0. The molecule has 0 spiro atoms. The second-order valence-electron chi connectivity index (χ2n) is 7.33. The predicted octanol–water partition coefficient (Wildman–Crippen LogP) is 2.92. The highest BCUT2D eigenvalue weighted by Crippen LogP contribution is 2.12. The van der Waals surface area contributed by atoms with Gasteiger partial charge in [0.2, 0.25) is 5.82 Å². The molecule has 7 nitrogen and oxygen atoms in total. The molecule has 28 heavy (non-hydrogen) atoms. The van der Waals surface area contributed by atoms with E-state index in [0.717, 1.165) is 57.0 Å². The number of hydrogen-bond acceptors (Lipinski definition) is 6. The summed E-state index contributed by atoms with van der Waals surface area (Å²) in [4.78, 5) is 6.76. The molecule has 3 heterocycles. The van der Waals surface area contributed by atoms with Gasteiger partial charge in [-0.05, 0) is 36.7 Å². The second kappa shape index (κ2) is 9.61. The van der Waals surface area contributed by atoms with Gasteiger partial charge in [0, 0.05) is 31.7 Å². The number of tetrazole rings is 1. The lowest BCUT2D eigenvalue weighted by Gasteiger charge is -2.34. The lowest BCUT2D eigenvalue weighted by Crippen LogP contribution is -2.46. The maximum Gasteiger partial charge on any atom is 0.204 e. The number of nitrogens with zero attached hydrogens (tertiary/aromatic N) is 6. The molecule has 1 aromatic carbocycles. The highest BCUT2D eigenvalue weighted by Gasteiger charge is 2.17. The maximum atomic E-state index is 5.45. The van der Waals surface area contributed by atoms with E-state index in [1.165, 1.54) is 19.4 Å². The van der Waals surface area contributed by atoms with Crippen LogP contribution in [0.15, 0.2) is 53.1 Å². The molecule has 7 heteroatoms. The molecule has 0 aliphatic carbocycles. The Balaban J connectivity index is 1.10. The molecule has 1 aliphatic rings. The van der Waals surface area contributed by atoms with Crippen LogP contribution in [0, 0.1) is 0 Å². The van der Waals surface area contributed by atoms with Crippen molar-refractivity contribution in [3.05, 3.63) is 54.5 Å². The molecule has 0 amide bonds. The van der Waals surface area contributed by atoms with Crippen LogP contribution in [0.2, 0.25) is 0 Å². The van der Waals surface area contributed by atoms with Gasteiger partial charge in [0.1, 0.15) is 5.76 Å². The predicted molar refractivity (Wildman–Crippen MR) is 108 cm³/mol. The van der Waals surface area contributed by atoms with Crippen molar-refractivity contribution in [2.45, 2.75) is 32.4 Å². The van der Waals surface area contributed by atoms with Gasteiger partial charge in [0.05, 0.1) is 19.4 Å². The van der Waals surface area contributed by atoms with Gasteiger partial charge in [0.15, 0.2) is 0 Å². The molecular formula is C21H28N6O. The monoisotopic (exact) mass is 380 g/mol. The first-order valence-corrected chi connectivity index (χ1v) is 10.2. The summed E-state index contributed by atoms with van der Waals surface area (Å²) >= 11 is 0. The van der Waals surface area contributed by atoms with Crippen LogP contribution in [-0.2, 0) is 13.1 Å². The average molecular weight is 380 g/mol. The van der Waals surface area contributed by atoms with Crippen LogP contribution in [0.1, 0.15) is 25.0 Å². The normalized spacial score (nSPS) is 15.9. The molecule has 0 atom stereocenters. The van der Waals surface area contributed by atoms with Crippen molar-refractivity contribution in [1.29, 1.82) is 0 Å². The quantitative estimate of drug-likeness (QED) is 0.532. The molecule has 1 saturated heterocycles. The molecule has 0 saturated carbocycles. The van der Waals surface area contributed by atoms with E-state index >= 15 is 0 Å². The number of aryl methyl sites for hydroxylation is 1. The van der Waals surface area contributed by atoms with E-state index < -0.39 is 0 Å². The molecule has 0 bridgehead atoms. The fourth-order valence-corrected chi connectivity index (χ4v) is 3.60. The summed E-state index contributed by atoms with van der Waals surface area (Å²) < 4.78 is 5.45. The minimum Gasteiger partial charge on any atom is -0.468 e. The lowest BCUT2D eigenvalue weighted by atomic mass is 10.2. The van der Waals surface area contributed by atoms with Gasteiger partial charge < -0.3 is 9.32 Å². The van der Waals surface area contributed by atoms with Crippen LogP contribution in [-0.4, -0.2) is 62.7 Å². The van der Waals surface area contributed by atoms with Crippen LogP contribution in [0.5, 0.6) is 0 Å². The molecule has 0 radical (unpaired) electrons.